The molecule has 3 aromatic rings. The van der Waals surface area contributed by atoms with Crippen LogP contribution in [0.15, 0.2) is 40.5 Å². The monoisotopic (exact) mass is 414 g/mol. The van der Waals surface area contributed by atoms with Gasteiger partial charge in [-0.1, -0.05) is 6.07 Å². The second kappa shape index (κ2) is 8.29. The molecule has 3 heterocycles. The Labute approximate surface area is 172 Å². The van der Waals surface area contributed by atoms with Gasteiger partial charge in [0.15, 0.2) is 10.3 Å². The van der Waals surface area contributed by atoms with Crippen molar-refractivity contribution in [3.63, 3.8) is 0 Å². The lowest BCUT2D eigenvalue weighted by molar-refractivity contribution is 0.311. The van der Waals surface area contributed by atoms with Gasteiger partial charge in [0.25, 0.3) is 0 Å². The van der Waals surface area contributed by atoms with Crippen molar-refractivity contribution in [2.45, 2.75) is 17.0 Å². The van der Waals surface area contributed by atoms with Crippen LogP contribution in [-0.4, -0.2) is 58.1 Å². The number of hydrogen-bond acceptors (Lipinski definition) is 10. The lowest BCUT2D eigenvalue weighted by Gasteiger charge is -2.32. The molecule has 10 heteroatoms. The van der Waals surface area contributed by atoms with Crippen molar-refractivity contribution in [3.05, 3.63) is 35.3 Å². The summed E-state index contributed by atoms with van der Waals surface area (Å²) < 4.78 is 0. The zero-order valence-corrected chi connectivity index (χ0v) is 17.4. The second-order valence-corrected chi connectivity index (χ2v) is 8.88. The second-order valence-electron chi connectivity index (χ2n) is 6.61. The molecule has 8 nitrogen and oxygen atoms in total. The van der Waals surface area contributed by atoms with Crippen LogP contribution < -0.4 is 16.0 Å². The molecule has 1 aliphatic rings. The lowest BCUT2D eigenvalue weighted by atomic mass is 10.3. The molecular weight excluding hydrogens is 392 g/mol. The predicted molar refractivity (Wildman–Crippen MR) is 115 cm³/mol. The average molecular weight is 415 g/mol. The van der Waals surface area contributed by atoms with Gasteiger partial charge >= 0.3 is 0 Å². The summed E-state index contributed by atoms with van der Waals surface area (Å²) in [5, 5.41) is 4.62. The number of benzene rings is 1. The Morgan fingerprint density at radius 2 is 1.96 bits per heavy atom. The van der Waals surface area contributed by atoms with Gasteiger partial charge in [-0.2, -0.15) is 15.0 Å². The van der Waals surface area contributed by atoms with Gasteiger partial charge in [-0.15, -0.1) is 11.3 Å². The van der Waals surface area contributed by atoms with Crippen LogP contribution in [0.3, 0.4) is 0 Å². The molecule has 0 spiro atoms. The normalized spacial score (nSPS) is 15.0. The van der Waals surface area contributed by atoms with E-state index in [-0.39, 0.29) is 0 Å². The molecule has 0 aliphatic carbocycles. The molecule has 0 bridgehead atoms. The molecule has 2 aromatic heterocycles. The molecule has 0 amide bonds. The molecule has 4 rings (SSSR count). The Bertz CT molecular complexity index is 952. The number of anilines is 4. The van der Waals surface area contributed by atoms with E-state index < -0.39 is 0 Å². The first kappa shape index (κ1) is 18.9. The van der Waals surface area contributed by atoms with E-state index in [0.29, 0.717) is 17.1 Å². The zero-order chi connectivity index (χ0) is 19.5. The summed E-state index contributed by atoms with van der Waals surface area (Å²) in [6.07, 6.45) is 1.83. The Morgan fingerprint density at radius 1 is 1.14 bits per heavy atom. The Balaban J connectivity index is 1.63. The van der Waals surface area contributed by atoms with Gasteiger partial charge in [0.1, 0.15) is 0 Å². The summed E-state index contributed by atoms with van der Waals surface area (Å²) in [5.74, 6) is 1.19. The number of nitrogens with zero attached hydrogens (tertiary/aromatic N) is 6. The minimum absolute atomic E-state index is 0.504. The number of nitrogen functional groups attached to an aromatic ring is 1. The van der Waals surface area contributed by atoms with Crippen LogP contribution in [0.1, 0.15) is 4.88 Å². The Kier molecular flexibility index (Phi) is 5.60. The van der Waals surface area contributed by atoms with Crippen LogP contribution in [0.4, 0.5) is 22.7 Å². The van der Waals surface area contributed by atoms with Gasteiger partial charge < -0.3 is 15.5 Å². The number of aromatic nitrogens is 4. The number of aryl methyl sites for hydroxylation is 1. The van der Waals surface area contributed by atoms with Crippen molar-refractivity contribution < 1.29 is 0 Å². The third-order valence-corrected chi connectivity index (χ3v) is 5.98. The maximum Gasteiger partial charge on any atom is 0.234 e. The first-order chi connectivity index (χ1) is 13.5. The van der Waals surface area contributed by atoms with E-state index in [1.54, 1.807) is 11.3 Å². The number of piperazine rings is 1. The molecule has 3 N–H and O–H groups in total. The summed E-state index contributed by atoms with van der Waals surface area (Å²) in [5.41, 5.74) is 6.63. The topological polar surface area (TPSA) is 96.1 Å². The first-order valence-electron chi connectivity index (χ1n) is 8.97. The van der Waals surface area contributed by atoms with Crippen molar-refractivity contribution in [1.29, 1.82) is 0 Å². The van der Waals surface area contributed by atoms with E-state index in [4.69, 9.17) is 10.7 Å². The first-order valence-corrected chi connectivity index (χ1v) is 10.6. The van der Waals surface area contributed by atoms with Crippen LogP contribution >= 0.6 is 23.1 Å². The molecule has 1 aliphatic heterocycles. The van der Waals surface area contributed by atoms with E-state index in [0.717, 1.165) is 46.8 Å². The van der Waals surface area contributed by atoms with E-state index in [1.807, 2.05) is 37.4 Å². The molecule has 146 valence electrons. The number of hydrogen-bond donors (Lipinski definition) is 2. The minimum Gasteiger partial charge on any atom is -0.399 e. The Hall–Kier alpha value is -2.43. The minimum atomic E-state index is 0.504. The summed E-state index contributed by atoms with van der Waals surface area (Å²) >= 11 is 3.04. The van der Waals surface area contributed by atoms with Crippen LogP contribution in [-0.2, 0) is 0 Å². The summed E-state index contributed by atoms with van der Waals surface area (Å²) in [6, 6.07) is 7.71. The van der Waals surface area contributed by atoms with Gasteiger partial charge in [0.2, 0.25) is 11.9 Å². The lowest BCUT2D eigenvalue weighted by Crippen LogP contribution is -2.45. The van der Waals surface area contributed by atoms with Crippen molar-refractivity contribution in [3.8, 4) is 0 Å². The third-order valence-electron chi connectivity index (χ3n) is 4.30. The molecule has 1 aromatic carbocycles. The quantitative estimate of drug-likeness (QED) is 0.611. The molecule has 0 radical (unpaired) electrons. The van der Waals surface area contributed by atoms with Gasteiger partial charge in [-0.25, -0.2) is 4.98 Å². The maximum atomic E-state index is 5.91. The van der Waals surface area contributed by atoms with Gasteiger partial charge in [-0.05, 0) is 43.9 Å². The highest BCUT2D eigenvalue weighted by Gasteiger charge is 2.19. The predicted octanol–water partition coefficient (Wildman–Crippen LogP) is 2.87. The molecule has 0 atom stereocenters. The van der Waals surface area contributed by atoms with Crippen molar-refractivity contribution in [2.24, 2.45) is 0 Å². The fraction of sp³-hybridized carbons (Fsp3) is 0.333. The maximum absolute atomic E-state index is 5.91. The number of likely N-dealkylation sites (N-methyl/N-ethyl adjacent to an activating group) is 1. The highest BCUT2D eigenvalue weighted by Crippen LogP contribution is 2.29. The summed E-state index contributed by atoms with van der Waals surface area (Å²) in [6.45, 7) is 5.76. The Morgan fingerprint density at radius 3 is 2.68 bits per heavy atom. The number of nitrogens with two attached hydrogens (primary N) is 1. The van der Waals surface area contributed by atoms with Crippen molar-refractivity contribution in [2.75, 3.05) is 49.2 Å². The largest absolute Gasteiger partial charge is 0.399 e. The number of nitrogens with one attached hydrogen (secondary N) is 1. The van der Waals surface area contributed by atoms with E-state index in [9.17, 15) is 0 Å². The number of thiazole rings is 1. The van der Waals surface area contributed by atoms with E-state index in [1.165, 1.54) is 11.8 Å². The van der Waals surface area contributed by atoms with Gasteiger partial charge in [0, 0.05) is 47.8 Å². The third kappa shape index (κ3) is 4.70. The fourth-order valence-corrected chi connectivity index (χ4v) is 4.26. The van der Waals surface area contributed by atoms with Crippen LogP contribution in [0.25, 0.3) is 0 Å². The molecule has 28 heavy (non-hydrogen) atoms. The molecule has 1 fully saturated rings. The van der Waals surface area contributed by atoms with E-state index in [2.05, 4.69) is 37.1 Å². The molecule has 0 saturated carbocycles. The van der Waals surface area contributed by atoms with Crippen LogP contribution in [0, 0.1) is 6.92 Å². The van der Waals surface area contributed by atoms with Gasteiger partial charge in [0.05, 0.1) is 0 Å². The summed E-state index contributed by atoms with van der Waals surface area (Å²) in [7, 11) is 2.13. The SMILES string of the molecule is Cc1cnc(Nc2nc(Sc3cccc(N)c3)nc(N3CCN(C)CC3)n2)s1. The molecule has 0 unspecified atom stereocenters. The zero-order valence-electron chi connectivity index (χ0n) is 15.8. The standard InChI is InChI=1S/C18H22N8S2/c1-12-11-20-17(27-12)22-15-21-16(26-8-6-25(2)7-9-26)24-18(23-15)28-14-5-3-4-13(19)10-14/h3-5,10-11H,6-9,19H2,1-2H3,(H,20,21,22,23,24). The molecule has 1 saturated heterocycles. The van der Waals surface area contributed by atoms with Crippen molar-refractivity contribution in [1.82, 2.24) is 24.8 Å². The van der Waals surface area contributed by atoms with Crippen LogP contribution in [0.2, 0.25) is 0 Å². The van der Waals surface area contributed by atoms with Crippen LogP contribution in [0.5, 0.6) is 0 Å². The highest BCUT2D eigenvalue weighted by atomic mass is 32.2. The average Bonchev–Trinajstić information content (AvgIpc) is 3.07. The van der Waals surface area contributed by atoms with Crippen molar-refractivity contribution >= 4 is 45.8 Å². The summed E-state index contributed by atoms with van der Waals surface area (Å²) in [4.78, 5) is 24.9. The smallest absolute Gasteiger partial charge is 0.234 e. The van der Waals surface area contributed by atoms with Gasteiger partial charge in [-0.3, -0.25) is 5.32 Å². The van der Waals surface area contributed by atoms with E-state index >= 15 is 0 Å². The number of rotatable bonds is 5. The highest BCUT2D eigenvalue weighted by molar-refractivity contribution is 7.99. The molecular formula is C18H22N8S2. The fourth-order valence-electron chi connectivity index (χ4n) is 2.79.